The number of para-hydroxylation sites is 1. The highest BCUT2D eigenvalue weighted by Gasteiger charge is 2.16. The summed E-state index contributed by atoms with van der Waals surface area (Å²) in [5, 5.41) is 11.0. The van der Waals surface area contributed by atoms with Crippen molar-refractivity contribution >= 4 is 35.0 Å². The van der Waals surface area contributed by atoms with E-state index in [4.69, 9.17) is 23.2 Å². The van der Waals surface area contributed by atoms with Crippen LogP contribution in [-0.4, -0.2) is 14.8 Å². The Morgan fingerprint density at radius 2 is 1.64 bits per heavy atom. The van der Waals surface area contributed by atoms with Crippen molar-refractivity contribution < 1.29 is 0 Å². The first-order valence-corrected chi connectivity index (χ1v) is 10.5. The van der Waals surface area contributed by atoms with Crippen LogP contribution in [0, 0.1) is 6.92 Å². The molecule has 28 heavy (non-hydrogen) atoms. The van der Waals surface area contributed by atoms with Crippen molar-refractivity contribution in [1.82, 2.24) is 14.8 Å². The molecular weight excluding hydrogens is 409 g/mol. The zero-order chi connectivity index (χ0) is 19.5. The van der Waals surface area contributed by atoms with E-state index >= 15 is 0 Å². The van der Waals surface area contributed by atoms with Crippen LogP contribution in [0.2, 0.25) is 10.0 Å². The van der Waals surface area contributed by atoms with E-state index in [1.54, 1.807) is 17.8 Å². The average molecular weight is 426 g/mol. The molecule has 0 N–H and O–H groups in total. The van der Waals surface area contributed by atoms with Gasteiger partial charge in [-0.3, -0.25) is 4.57 Å². The smallest absolute Gasteiger partial charge is 0.196 e. The molecule has 0 aliphatic heterocycles. The maximum absolute atomic E-state index is 6.33. The number of halogens is 2. The summed E-state index contributed by atoms with van der Waals surface area (Å²) in [6, 6.07) is 24.0. The van der Waals surface area contributed by atoms with Crippen molar-refractivity contribution in [2.24, 2.45) is 0 Å². The average Bonchev–Trinajstić information content (AvgIpc) is 3.12. The minimum absolute atomic E-state index is 0.632. The minimum Gasteiger partial charge on any atom is -0.270 e. The Morgan fingerprint density at radius 3 is 2.36 bits per heavy atom. The lowest BCUT2D eigenvalue weighted by Gasteiger charge is -2.11. The van der Waals surface area contributed by atoms with Crippen LogP contribution in [0.5, 0.6) is 0 Å². The monoisotopic (exact) mass is 425 g/mol. The predicted octanol–water partition coefficient (Wildman–Crippen LogP) is 6.84. The molecule has 1 heterocycles. The lowest BCUT2D eigenvalue weighted by molar-refractivity contribution is 0.886. The topological polar surface area (TPSA) is 30.7 Å². The van der Waals surface area contributed by atoms with Crippen LogP contribution in [-0.2, 0) is 5.75 Å². The molecule has 0 saturated heterocycles. The first-order valence-electron chi connectivity index (χ1n) is 8.76. The number of nitrogens with zero attached hydrogens (tertiary/aromatic N) is 3. The van der Waals surface area contributed by atoms with Crippen molar-refractivity contribution in [3.63, 3.8) is 0 Å². The van der Waals surface area contributed by atoms with Crippen LogP contribution >= 0.6 is 35.0 Å². The molecule has 0 radical (unpaired) electrons. The molecule has 4 rings (SSSR count). The Balaban J connectivity index is 1.72. The highest BCUT2D eigenvalue weighted by molar-refractivity contribution is 7.98. The van der Waals surface area contributed by atoms with Crippen LogP contribution < -0.4 is 0 Å². The van der Waals surface area contributed by atoms with Gasteiger partial charge in [0.25, 0.3) is 0 Å². The molecule has 6 heteroatoms. The molecule has 0 spiro atoms. The first kappa shape index (κ1) is 19.1. The van der Waals surface area contributed by atoms with Gasteiger partial charge >= 0.3 is 0 Å². The van der Waals surface area contributed by atoms with Gasteiger partial charge < -0.3 is 0 Å². The largest absolute Gasteiger partial charge is 0.270 e. The van der Waals surface area contributed by atoms with Gasteiger partial charge in [-0.25, -0.2) is 0 Å². The second-order valence-corrected chi connectivity index (χ2v) is 8.15. The van der Waals surface area contributed by atoms with Crippen molar-refractivity contribution in [2.45, 2.75) is 17.8 Å². The lowest BCUT2D eigenvalue weighted by Crippen LogP contribution is -1.99. The van der Waals surface area contributed by atoms with Crippen LogP contribution in [0.1, 0.15) is 11.1 Å². The maximum atomic E-state index is 6.33. The molecule has 0 amide bonds. The minimum atomic E-state index is 0.632. The van der Waals surface area contributed by atoms with Crippen LogP contribution in [0.4, 0.5) is 0 Å². The van der Waals surface area contributed by atoms with Crippen molar-refractivity contribution in [1.29, 1.82) is 0 Å². The van der Waals surface area contributed by atoms with Gasteiger partial charge in [-0.2, -0.15) is 0 Å². The number of hydrogen-bond acceptors (Lipinski definition) is 3. The Labute approximate surface area is 178 Å². The second kappa shape index (κ2) is 8.39. The summed E-state index contributed by atoms with van der Waals surface area (Å²) >= 11 is 13.9. The summed E-state index contributed by atoms with van der Waals surface area (Å²) in [7, 11) is 0. The molecule has 3 aromatic carbocycles. The summed E-state index contributed by atoms with van der Waals surface area (Å²) in [5.74, 6) is 1.49. The molecule has 0 aliphatic rings. The summed E-state index contributed by atoms with van der Waals surface area (Å²) in [5.41, 5.74) is 4.27. The van der Waals surface area contributed by atoms with Crippen molar-refractivity contribution in [3.05, 3.63) is 94.0 Å². The van der Waals surface area contributed by atoms with E-state index in [1.807, 2.05) is 30.3 Å². The third kappa shape index (κ3) is 4.09. The molecule has 0 unspecified atom stereocenters. The van der Waals surface area contributed by atoms with Gasteiger partial charge in [0, 0.05) is 27.0 Å². The van der Waals surface area contributed by atoms with Crippen LogP contribution in [0.3, 0.4) is 0 Å². The molecule has 0 fully saturated rings. The second-order valence-electron chi connectivity index (χ2n) is 6.37. The van der Waals surface area contributed by atoms with Crippen molar-refractivity contribution in [2.75, 3.05) is 0 Å². The SMILES string of the molecule is Cc1ccc(-c2nnc(SCc3ccc(Cl)cc3Cl)n2-c2ccccc2)cc1. The fourth-order valence-corrected chi connectivity index (χ4v) is 4.35. The normalized spacial score (nSPS) is 11.0. The fourth-order valence-electron chi connectivity index (χ4n) is 2.84. The number of aromatic nitrogens is 3. The maximum Gasteiger partial charge on any atom is 0.196 e. The third-order valence-electron chi connectivity index (χ3n) is 4.33. The van der Waals surface area contributed by atoms with E-state index in [9.17, 15) is 0 Å². The van der Waals surface area contributed by atoms with Gasteiger partial charge in [-0.1, -0.05) is 89.1 Å². The first-order chi connectivity index (χ1) is 13.6. The van der Waals surface area contributed by atoms with Crippen LogP contribution in [0.25, 0.3) is 17.1 Å². The number of hydrogen-bond donors (Lipinski definition) is 0. The fraction of sp³-hybridized carbons (Fsp3) is 0.0909. The summed E-state index contributed by atoms with van der Waals surface area (Å²) in [6.45, 7) is 2.07. The van der Waals surface area contributed by atoms with Gasteiger partial charge in [-0.15, -0.1) is 10.2 Å². The van der Waals surface area contributed by atoms with Crippen LogP contribution in [0.15, 0.2) is 78.0 Å². The quantitative estimate of drug-likeness (QED) is 0.327. The number of benzene rings is 3. The molecular formula is C22H17Cl2N3S. The number of aryl methyl sites for hydroxylation is 1. The highest BCUT2D eigenvalue weighted by Crippen LogP contribution is 2.32. The van der Waals surface area contributed by atoms with Gasteiger partial charge in [0.15, 0.2) is 11.0 Å². The standard InChI is InChI=1S/C22H17Cl2N3S/c1-15-7-9-16(10-8-15)21-25-26-22(27(21)19-5-3-2-4-6-19)28-14-17-11-12-18(23)13-20(17)24/h2-13H,14H2,1H3. The predicted molar refractivity (Wildman–Crippen MR) is 118 cm³/mol. The molecule has 1 aromatic heterocycles. The lowest BCUT2D eigenvalue weighted by atomic mass is 10.1. The highest BCUT2D eigenvalue weighted by atomic mass is 35.5. The molecule has 3 nitrogen and oxygen atoms in total. The Kier molecular flexibility index (Phi) is 5.72. The number of rotatable bonds is 5. The molecule has 0 bridgehead atoms. The van der Waals surface area contributed by atoms with Gasteiger partial charge in [0.1, 0.15) is 0 Å². The number of thioether (sulfide) groups is 1. The van der Waals surface area contributed by atoms with E-state index in [0.29, 0.717) is 15.8 Å². The zero-order valence-corrected chi connectivity index (χ0v) is 17.5. The molecule has 4 aromatic rings. The van der Waals surface area contributed by atoms with E-state index in [-0.39, 0.29) is 0 Å². The van der Waals surface area contributed by atoms with E-state index < -0.39 is 0 Å². The third-order valence-corrected chi connectivity index (χ3v) is 5.89. The summed E-state index contributed by atoms with van der Waals surface area (Å²) in [4.78, 5) is 0. The van der Waals surface area contributed by atoms with Gasteiger partial charge in [0.05, 0.1) is 0 Å². The van der Waals surface area contributed by atoms with Gasteiger partial charge in [0.2, 0.25) is 0 Å². The van der Waals surface area contributed by atoms with E-state index in [1.165, 1.54) is 5.56 Å². The molecule has 0 aliphatic carbocycles. The molecule has 140 valence electrons. The molecule has 0 atom stereocenters. The van der Waals surface area contributed by atoms with E-state index in [2.05, 4.69) is 58.1 Å². The Hall–Kier alpha value is -2.27. The Bertz CT molecular complexity index is 1090. The van der Waals surface area contributed by atoms with E-state index in [0.717, 1.165) is 27.8 Å². The van der Waals surface area contributed by atoms with Gasteiger partial charge in [-0.05, 0) is 36.8 Å². The van der Waals surface area contributed by atoms with Crippen molar-refractivity contribution in [3.8, 4) is 17.1 Å². The summed E-state index contributed by atoms with van der Waals surface area (Å²) < 4.78 is 2.08. The Morgan fingerprint density at radius 1 is 0.893 bits per heavy atom. The zero-order valence-electron chi connectivity index (χ0n) is 15.1. The summed E-state index contributed by atoms with van der Waals surface area (Å²) in [6.07, 6.45) is 0. The molecule has 0 saturated carbocycles.